The highest BCUT2D eigenvalue weighted by atomic mass is 16.5. The van der Waals surface area contributed by atoms with Gasteiger partial charge in [-0.3, -0.25) is 4.79 Å². The van der Waals surface area contributed by atoms with Crippen molar-refractivity contribution in [1.82, 2.24) is 10.6 Å². The van der Waals surface area contributed by atoms with E-state index in [0.717, 1.165) is 5.56 Å². The molecule has 0 aliphatic carbocycles. The van der Waals surface area contributed by atoms with Crippen LogP contribution in [0.5, 0.6) is 11.5 Å². The fourth-order valence-corrected chi connectivity index (χ4v) is 2.43. The van der Waals surface area contributed by atoms with Gasteiger partial charge >= 0.3 is 6.03 Å². The van der Waals surface area contributed by atoms with Gasteiger partial charge in [0.1, 0.15) is 11.5 Å². The summed E-state index contributed by atoms with van der Waals surface area (Å²) in [5, 5.41) is 5.38. The smallest absolute Gasteiger partial charge is 0.312 e. The van der Waals surface area contributed by atoms with Crippen LogP contribution >= 0.6 is 0 Å². The maximum absolute atomic E-state index is 12.1. The van der Waals surface area contributed by atoms with Crippen molar-refractivity contribution in [1.29, 1.82) is 0 Å². The number of amides is 3. The first-order valence-electron chi connectivity index (χ1n) is 8.44. The summed E-state index contributed by atoms with van der Waals surface area (Å²) in [4.78, 5) is 23.4. The zero-order valence-electron chi connectivity index (χ0n) is 14.5. The monoisotopic (exact) mass is 356 g/mol. The Morgan fingerprint density at radius 2 is 1.77 bits per heavy atom. The lowest BCUT2D eigenvalue weighted by atomic mass is 10.0. The van der Waals surface area contributed by atoms with Crippen molar-refractivity contribution in [2.75, 3.05) is 13.1 Å². The minimum absolute atomic E-state index is 0.0717. The maximum Gasteiger partial charge on any atom is 0.312 e. The molecule has 0 heterocycles. The van der Waals surface area contributed by atoms with Gasteiger partial charge in [0.2, 0.25) is 5.91 Å². The Morgan fingerprint density at radius 3 is 2.46 bits per heavy atom. The van der Waals surface area contributed by atoms with Gasteiger partial charge in [0.05, 0.1) is 12.5 Å². The van der Waals surface area contributed by atoms with Gasteiger partial charge in [-0.05, 0) is 42.8 Å². The van der Waals surface area contributed by atoms with Crippen LogP contribution in [0, 0.1) is 0 Å². The van der Waals surface area contributed by atoms with Gasteiger partial charge in [-0.2, -0.15) is 0 Å². The minimum Gasteiger partial charge on any atom is -0.457 e. The molecule has 6 N–H and O–H groups in total. The van der Waals surface area contributed by atoms with Crippen LogP contribution in [0.4, 0.5) is 4.79 Å². The molecule has 2 aromatic carbocycles. The third kappa shape index (κ3) is 6.45. The molecule has 1 atom stereocenters. The fourth-order valence-electron chi connectivity index (χ4n) is 2.43. The van der Waals surface area contributed by atoms with Gasteiger partial charge in [-0.1, -0.05) is 30.3 Å². The third-order valence-corrected chi connectivity index (χ3v) is 3.65. The second kappa shape index (κ2) is 10.0. The van der Waals surface area contributed by atoms with Gasteiger partial charge < -0.3 is 26.8 Å². The summed E-state index contributed by atoms with van der Waals surface area (Å²) in [5.41, 5.74) is 11.4. The zero-order chi connectivity index (χ0) is 18.8. The first-order valence-corrected chi connectivity index (χ1v) is 8.44. The summed E-state index contributed by atoms with van der Waals surface area (Å²) in [5.74, 6) is 1.11. The first kappa shape index (κ1) is 19.3. The summed E-state index contributed by atoms with van der Waals surface area (Å²) >= 11 is 0. The maximum atomic E-state index is 12.1. The first-order chi connectivity index (χ1) is 12.6. The average Bonchev–Trinajstić information content (AvgIpc) is 2.62. The number of hydrogen-bond acceptors (Lipinski definition) is 4. The number of primary amides is 1. The van der Waals surface area contributed by atoms with Crippen LogP contribution in [0.3, 0.4) is 0 Å². The molecule has 0 aliphatic rings. The Balaban J connectivity index is 2.10. The topological polar surface area (TPSA) is 119 Å². The Kier molecular flexibility index (Phi) is 7.45. The summed E-state index contributed by atoms with van der Waals surface area (Å²) in [7, 11) is 0. The molecule has 0 saturated carbocycles. The lowest BCUT2D eigenvalue weighted by Gasteiger charge is -2.18. The van der Waals surface area contributed by atoms with Crippen molar-refractivity contribution in [2.45, 2.75) is 18.9 Å². The number of nitrogens with one attached hydrogen (secondary N) is 2. The molecule has 2 aromatic rings. The van der Waals surface area contributed by atoms with Gasteiger partial charge in [-0.25, -0.2) is 4.79 Å². The van der Waals surface area contributed by atoms with Gasteiger partial charge in [-0.15, -0.1) is 0 Å². The van der Waals surface area contributed by atoms with Crippen LogP contribution in [0.1, 0.15) is 24.4 Å². The summed E-state index contributed by atoms with van der Waals surface area (Å²) in [6, 6.07) is 15.3. The molecule has 0 bridgehead atoms. The van der Waals surface area contributed by atoms with Crippen molar-refractivity contribution in [3.63, 3.8) is 0 Å². The number of ether oxygens (including phenoxy) is 1. The molecular formula is C19H24N4O3. The largest absolute Gasteiger partial charge is 0.457 e. The molecule has 3 amide bonds. The molecule has 1 unspecified atom stereocenters. The number of urea groups is 1. The molecule has 0 aliphatic heterocycles. The Labute approximate surface area is 152 Å². The number of carbonyl (C=O) groups excluding carboxylic acids is 2. The lowest BCUT2D eigenvalue weighted by Crippen LogP contribution is -2.37. The van der Waals surface area contributed by atoms with Crippen LogP contribution in [-0.2, 0) is 4.79 Å². The summed E-state index contributed by atoms with van der Waals surface area (Å²) in [6.07, 6.45) is 0.766. The van der Waals surface area contributed by atoms with Crippen LogP contribution in [0.15, 0.2) is 54.6 Å². The number of carbonyl (C=O) groups is 2. The number of rotatable bonds is 9. The van der Waals surface area contributed by atoms with E-state index in [-0.39, 0.29) is 12.3 Å². The van der Waals surface area contributed by atoms with Crippen molar-refractivity contribution in [3.8, 4) is 11.5 Å². The Morgan fingerprint density at radius 1 is 1.04 bits per heavy atom. The molecule has 0 radical (unpaired) electrons. The van der Waals surface area contributed by atoms with Crippen LogP contribution in [-0.4, -0.2) is 25.0 Å². The molecule has 0 spiro atoms. The van der Waals surface area contributed by atoms with Crippen molar-refractivity contribution < 1.29 is 14.3 Å². The highest BCUT2D eigenvalue weighted by molar-refractivity contribution is 5.78. The third-order valence-electron chi connectivity index (χ3n) is 3.65. The molecule has 0 fully saturated rings. The quantitative estimate of drug-likeness (QED) is 0.514. The molecule has 0 saturated heterocycles. The molecule has 0 aromatic heterocycles. The van der Waals surface area contributed by atoms with Crippen molar-refractivity contribution in [2.24, 2.45) is 11.5 Å². The van der Waals surface area contributed by atoms with Gasteiger partial charge in [0, 0.05) is 6.54 Å². The second-order valence-corrected chi connectivity index (χ2v) is 5.75. The molecule has 26 heavy (non-hydrogen) atoms. The molecule has 7 nitrogen and oxygen atoms in total. The van der Waals surface area contributed by atoms with Crippen molar-refractivity contribution in [3.05, 3.63) is 60.2 Å². The van der Waals surface area contributed by atoms with E-state index in [1.54, 1.807) is 18.2 Å². The summed E-state index contributed by atoms with van der Waals surface area (Å²) in [6.45, 7) is 0.998. The molecule has 2 rings (SSSR count). The van der Waals surface area contributed by atoms with E-state index in [9.17, 15) is 9.59 Å². The predicted octanol–water partition coefficient (Wildman–Crippen LogP) is 2.04. The zero-order valence-corrected chi connectivity index (χ0v) is 14.5. The van der Waals surface area contributed by atoms with E-state index in [4.69, 9.17) is 16.2 Å². The van der Waals surface area contributed by atoms with E-state index >= 15 is 0 Å². The van der Waals surface area contributed by atoms with Gasteiger partial charge in [0.15, 0.2) is 0 Å². The highest BCUT2D eigenvalue weighted by Crippen LogP contribution is 2.25. The van der Waals surface area contributed by atoms with E-state index in [0.29, 0.717) is 31.0 Å². The highest BCUT2D eigenvalue weighted by Gasteiger charge is 2.18. The van der Waals surface area contributed by atoms with Crippen LogP contribution < -0.4 is 26.8 Å². The van der Waals surface area contributed by atoms with E-state index in [1.807, 2.05) is 36.4 Å². The number of hydrogen-bond donors (Lipinski definition) is 4. The minimum atomic E-state index is -0.695. The fraction of sp³-hybridized carbons (Fsp3) is 0.263. The Bertz CT molecular complexity index is 722. The average molecular weight is 356 g/mol. The number of para-hydroxylation sites is 1. The second-order valence-electron chi connectivity index (χ2n) is 5.75. The van der Waals surface area contributed by atoms with Crippen LogP contribution in [0.25, 0.3) is 0 Å². The standard InChI is InChI=1S/C19H24N4O3/c20-10-5-11-22-18(24)13-17(23-19(21)25)14-6-4-9-16(12-14)26-15-7-2-1-3-8-15/h1-4,6-9,12,17H,5,10-11,13,20H2,(H,22,24)(H3,21,23,25). The van der Waals surface area contributed by atoms with E-state index in [1.165, 1.54) is 0 Å². The lowest BCUT2D eigenvalue weighted by molar-refractivity contribution is -0.121. The van der Waals surface area contributed by atoms with E-state index < -0.39 is 12.1 Å². The number of benzene rings is 2. The normalized spacial score (nSPS) is 11.4. The Hall–Kier alpha value is -3.06. The molecular weight excluding hydrogens is 332 g/mol. The van der Waals surface area contributed by atoms with Gasteiger partial charge in [0.25, 0.3) is 0 Å². The van der Waals surface area contributed by atoms with Crippen LogP contribution in [0.2, 0.25) is 0 Å². The predicted molar refractivity (Wildman–Crippen MR) is 99.7 cm³/mol. The van der Waals surface area contributed by atoms with E-state index in [2.05, 4.69) is 10.6 Å². The van der Waals surface area contributed by atoms with Crippen molar-refractivity contribution >= 4 is 11.9 Å². The number of nitrogens with two attached hydrogens (primary N) is 2. The SMILES string of the molecule is NCCCNC(=O)CC(NC(N)=O)c1cccc(Oc2ccccc2)c1. The molecule has 138 valence electrons. The molecule has 7 heteroatoms. The summed E-state index contributed by atoms with van der Waals surface area (Å²) < 4.78 is 5.80.